The maximum Gasteiger partial charge on any atom is 0.278 e. The summed E-state index contributed by atoms with van der Waals surface area (Å²) >= 11 is 0. The Balaban J connectivity index is 2.51. The molecule has 1 heterocycles. The number of anilines is 1. The van der Waals surface area contributed by atoms with Crippen molar-refractivity contribution in [2.24, 2.45) is 0 Å². The third-order valence-electron chi connectivity index (χ3n) is 3.20. The van der Waals surface area contributed by atoms with Crippen LogP contribution in [-0.4, -0.2) is 27.2 Å². The fraction of sp³-hybridized carbons (Fsp3) is 0.357. The highest BCUT2D eigenvalue weighted by Crippen LogP contribution is 2.32. The number of nitrogens with one attached hydrogen (secondary N) is 1. The average Bonchev–Trinajstić information content (AvgIpc) is 2.38. The smallest absolute Gasteiger partial charge is 0.278 e. The number of non-ortho nitro benzene ring substituents is 1. The Hall–Kier alpha value is -2.21. The number of hydrogen-bond acceptors (Lipinski definition) is 5. The van der Waals surface area contributed by atoms with Crippen LogP contribution in [0, 0.1) is 10.1 Å². The van der Waals surface area contributed by atoms with E-state index in [-0.39, 0.29) is 17.8 Å². The van der Waals surface area contributed by atoms with Gasteiger partial charge in [0.05, 0.1) is 10.3 Å². The molecule has 0 aliphatic carbocycles. The van der Waals surface area contributed by atoms with Crippen LogP contribution >= 0.6 is 0 Å². The molecule has 2 aromatic rings. The highest BCUT2D eigenvalue weighted by atomic mass is 16.6. The van der Waals surface area contributed by atoms with E-state index < -0.39 is 4.92 Å². The quantitative estimate of drug-likeness (QED) is 0.647. The Kier molecular flexibility index (Phi) is 3.85. The second-order valence-corrected chi connectivity index (χ2v) is 5.29. The number of benzene rings is 1. The van der Waals surface area contributed by atoms with Crippen LogP contribution in [0.15, 0.2) is 30.6 Å². The van der Waals surface area contributed by atoms with E-state index in [4.69, 9.17) is 5.11 Å². The van der Waals surface area contributed by atoms with Crippen LogP contribution in [-0.2, 0) is 0 Å². The van der Waals surface area contributed by atoms with Gasteiger partial charge in [-0.05, 0) is 32.4 Å². The van der Waals surface area contributed by atoms with Crippen LogP contribution in [0.5, 0.6) is 0 Å². The van der Waals surface area contributed by atoms with Crippen LogP contribution < -0.4 is 5.32 Å². The zero-order chi connectivity index (χ0) is 14.8. The number of aliphatic hydroxyl groups excluding tert-OH is 1. The van der Waals surface area contributed by atoms with Gasteiger partial charge in [0.2, 0.25) is 0 Å². The first-order valence-electron chi connectivity index (χ1n) is 6.35. The van der Waals surface area contributed by atoms with Gasteiger partial charge in [-0.15, -0.1) is 0 Å². The largest absolute Gasteiger partial charge is 0.396 e. The Morgan fingerprint density at radius 1 is 1.35 bits per heavy atom. The van der Waals surface area contributed by atoms with Gasteiger partial charge in [0.1, 0.15) is 0 Å². The van der Waals surface area contributed by atoms with Crippen molar-refractivity contribution in [2.75, 3.05) is 11.9 Å². The second-order valence-electron chi connectivity index (χ2n) is 5.29. The molecule has 20 heavy (non-hydrogen) atoms. The molecule has 0 saturated carbocycles. The van der Waals surface area contributed by atoms with Crippen LogP contribution in [0.25, 0.3) is 10.8 Å². The number of fused-ring (bicyclic) bond motifs is 1. The van der Waals surface area contributed by atoms with E-state index in [2.05, 4.69) is 10.3 Å². The number of aromatic nitrogens is 1. The van der Waals surface area contributed by atoms with Crippen molar-refractivity contribution >= 4 is 22.1 Å². The maximum atomic E-state index is 11.0. The summed E-state index contributed by atoms with van der Waals surface area (Å²) in [6, 6.07) is 4.92. The molecule has 2 N–H and O–H groups in total. The normalized spacial score (nSPS) is 11.6. The van der Waals surface area contributed by atoms with Gasteiger partial charge in [0.25, 0.3) is 5.69 Å². The van der Waals surface area contributed by atoms with Crippen molar-refractivity contribution in [1.82, 2.24) is 4.98 Å². The summed E-state index contributed by atoms with van der Waals surface area (Å²) in [6.07, 6.45) is 3.69. The van der Waals surface area contributed by atoms with Crippen molar-refractivity contribution in [2.45, 2.75) is 25.8 Å². The molecule has 0 aliphatic heterocycles. The summed E-state index contributed by atoms with van der Waals surface area (Å²) in [5.74, 6) is 0. The predicted molar refractivity (Wildman–Crippen MR) is 77.8 cm³/mol. The first-order valence-corrected chi connectivity index (χ1v) is 6.35. The lowest BCUT2D eigenvalue weighted by molar-refractivity contribution is -0.383. The molecule has 0 amide bonds. The fourth-order valence-electron chi connectivity index (χ4n) is 2.15. The molecule has 1 aromatic heterocycles. The lowest BCUT2D eigenvalue weighted by atomic mass is 9.99. The lowest BCUT2D eigenvalue weighted by Gasteiger charge is -2.27. The lowest BCUT2D eigenvalue weighted by Crippen LogP contribution is -2.31. The third kappa shape index (κ3) is 2.85. The minimum absolute atomic E-state index is 0.0404. The molecule has 0 radical (unpaired) electrons. The minimum atomic E-state index is -0.410. The Labute approximate surface area is 116 Å². The van der Waals surface area contributed by atoms with Gasteiger partial charge in [-0.25, -0.2) is 0 Å². The molecule has 6 nitrogen and oxygen atoms in total. The van der Waals surface area contributed by atoms with Gasteiger partial charge in [0.15, 0.2) is 0 Å². The van der Waals surface area contributed by atoms with Crippen molar-refractivity contribution in [3.05, 3.63) is 40.7 Å². The Morgan fingerprint density at radius 2 is 2.10 bits per heavy atom. The number of nitro benzene ring substituents is 1. The molecule has 0 fully saturated rings. The molecule has 0 spiro atoms. The van der Waals surface area contributed by atoms with Gasteiger partial charge in [-0.2, -0.15) is 0 Å². The number of nitro groups is 1. The molecule has 2 rings (SSSR count). The van der Waals surface area contributed by atoms with Crippen LogP contribution in [0.3, 0.4) is 0 Å². The highest BCUT2D eigenvalue weighted by molar-refractivity contribution is 5.99. The van der Waals surface area contributed by atoms with E-state index >= 15 is 0 Å². The summed E-state index contributed by atoms with van der Waals surface area (Å²) in [7, 11) is 0. The topological polar surface area (TPSA) is 88.3 Å². The highest BCUT2D eigenvalue weighted by Gasteiger charge is 2.20. The average molecular weight is 275 g/mol. The van der Waals surface area contributed by atoms with E-state index in [1.165, 1.54) is 12.3 Å². The number of pyridine rings is 1. The van der Waals surface area contributed by atoms with Crippen LogP contribution in [0.2, 0.25) is 0 Å². The van der Waals surface area contributed by atoms with Gasteiger partial charge in [-0.1, -0.05) is 0 Å². The zero-order valence-electron chi connectivity index (χ0n) is 11.5. The van der Waals surface area contributed by atoms with E-state index in [0.29, 0.717) is 11.8 Å². The maximum absolute atomic E-state index is 11.0. The summed E-state index contributed by atoms with van der Waals surface area (Å²) in [6.45, 7) is 4.02. The van der Waals surface area contributed by atoms with Gasteiger partial charge >= 0.3 is 0 Å². The van der Waals surface area contributed by atoms with E-state index in [0.717, 1.165) is 11.1 Å². The van der Waals surface area contributed by atoms with E-state index in [1.807, 2.05) is 13.8 Å². The molecule has 1 aromatic carbocycles. The molecule has 0 saturated heterocycles. The monoisotopic (exact) mass is 275 g/mol. The summed E-state index contributed by atoms with van der Waals surface area (Å²) < 4.78 is 0. The predicted octanol–water partition coefficient (Wildman–Crippen LogP) is 2.72. The van der Waals surface area contributed by atoms with Crippen molar-refractivity contribution in [1.29, 1.82) is 0 Å². The summed E-state index contributed by atoms with van der Waals surface area (Å²) in [5.41, 5.74) is 0.534. The number of nitrogens with zero attached hydrogens (tertiary/aromatic N) is 2. The zero-order valence-corrected chi connectivity index (χ0v) is 11.5. The molecule has 0 unspecified atom stereocenters. The molecule has 106 valence electrons. The molecule has 0 bridgehead atoms. The standard InChI is InChI=1S/C14H17N3O3/c1-14(2,6-8-18)16-12-3-4-13(17(19)20)11-9-15-7-5-10(11)12/h3-5,7,9,16,18H,6,8H2,1-2H3. The number of aliphatic hydroxyl groups is 1. The van der Waals surface area contributed by atoms with Gasteiger partial charge < -0.3 is 10.4 Å². The van der Waals surface area contributed by atoms with Crippen molar-refractivity contribution in [3.8, 4) is 0 Å². The molecular formula is C14H17N3O3. The first kappa shape index (κ1) is 14.2. The first-order chi connectivity index (χ1) is 9.44. The molecule has 6 heteroatoms. The second kappa shape index (κ2) is 5.42. The molecular weight excluding hydrogens is 258 g/mol. The van der Waals surface area contributed by atoms with Crippen LogP contribution in [0.4, 0.5) is 11.4 Å². The van der Waals surface area contributed by atoms with Gasteiger partial charge in [0, 0.05) is 41.7 Å². The number of rotatable bonds is 5. The third-order valence-corrected chi connectivity index (χ3v) is 3.20. The van der Waals surface area contributed by atoms with Crippen molar-refractivity contribution < 1.29 is 10.0 Å². The Bertz CT molecular complexity index is 641. The Morgan fingerprint density at radius 3 is 2.75 bits per heavy atom. The number of hydrogen-bond donors (Lipinski definition) is 2. The molecule has 0 atom stereocenters. The minimum Gasteiger partial charge on any atom is -0.396 e. The van der Waals surface area contributed by atoms with E-state index in [9.17, 15) is 10.1 Å². The van der Waals surface area contributed by atoms with E-state index in [1.54, 1.807) is 18.3 Å². The SMILES string of the molecule is CC(C)(CCO)Nc1ccc([N+](=O)[O-])c2cnccc12. The van der Waals surface area contributed by atoms with Gasteiger partial charge in [-0.3, -0.25) is 15.1 Å². The fourth-order valence-corrected chi connectivity index (χ4v) is 2.15. The molecule has 0 aliphatic rings. The van der Waals surface area contributed by atoms with Crippen LogP contribution in [0.1, 0.15) is 20.3 Å². The summed E-state index contributed by atoms with van der Waals surface area (Å²) in [4.78, 5) is 14.6. The van der Waals surface area contributed by atoms with Crippen molar-refractivity contribution in [3.63, 3.8) is 0 Å². The summed E-state index contributed by atoms with van der Waals surface area (Å²) in [5, 5.41) is 24.7.